The zero-order valence-electron chi connectivity index (χ0n) is 11.0. The van der Waals surface area contributed by atoms with Crippen LogP contribution in [0.2, 0.25) is 0 Å². The number of ether oxygens (including phenoxy) is 1. The number of rotatable bonds is 3. The lowest BCUT2D eigenvalue weighted by molar-refractivity contribution is 0.156. The number of aromatic nitrogens is 2. The van der Waals surface area contributed by atoms with Gasteiger partial charge in [0, 0.05) is 19.4 Å². The van der Waals surface area contributed by atoms with Gasteiger partial charge < -0.3 is 14.4 Å². The molecule has 1 aromatic heterocycles. The maximum atomic E-state index is 10.0. The van der Waals surface area contributed by atoms with Crippen molar-refractivity contribution < 1.29 is 9.84 Å². The molecule has 1 heterocycles. The van der Waals surface area contributed by atoms with E-state index in [1.807, 2.05) is 29.9 Å². The van der Waals surface area contributed by atoms with Crippen molar-refractivity contribution in [3.8, 4) is 5.75 Å². The van der Waals surface area contributed by atoms with Crippen LogP contribution in [0.3, 0.4) is 0 Å². The summed E-state index contributed by atoms with van der Waals surface area (Å²) in [6, 6.07) is 5.99. The molecule has 1 aromatic carbocycles. The number of fused-ring (bicyclic) bond motifs is 1. The Labute approximate surface area is 112 Å². The molecule has 0 bridgehead atoms. The molecule has 4 heteroatoms. The Balaban J connectivity index is 1.75. The van der Waals surface area contributed by atoms with Crippen molar-refractivity contribution in [2.75, 3.05) is 0 Å². The van der Waals surface area contributed by atoms with Gasteiger partial charge in [-0.15, -0.1) is 0 Å². The smallest absolute Gasteiger partial charge is 0.146 e. The van der Waals surface area contributed by atoms with E-state index in [1.165, 1.54) is 5.56 Å². The second-order valence-corrected chi connectivity index (χ2v) is 5.01. The molecule has 0 spiro atoms. The summed E-state index contributed by atoms with van der Waals surface area (Å²) in [5.41, 5.74) is 2.26. The van der Waals surface area contributed by atoms with E-state index in [2.05, 4.69) is 11.1 Å². The van der Waals surface area contributed by atoms with Crippen LogP contribution in [0, 0.1) is 0 Å². The van der Waals surface area contributed by atoms with Gasteiger partial charge in [-0.1, -0.05) is 6.07 Å². The fourth-order valence-corrected chi connectivity index (χ4v) is 2.53. The SMILES string of the molecule is Cn1ccnc1COc1ccc2c(c1)[C@H](O)CCC2. The molecule has 0 radical (unpaired) electrons. The van der Waals surface area contributed by atoms with Crippen molar-refractivity contribution >= 4 is 0 Å². The highest BCUT2D eigenvalue weighted by molar-refractivity contribution is 5.38. The highest BCUT2D eigenvalue weighted by Crippen LogP contribution is 2.32. The van der Waals surface area contributed by atoms with E-state index in [9.17, 15) is 5.11 Å². The molecule has 0 saturated carbocycles. The normalized spacial score (nSPS) is 18.1. The van der Waals surface area contributed by atoms with Crippen molar-refractivity contribution in [2.24, 2.45) is 7.05 Å². The fourth-order valence-electron chi connectivity index (χ4n) is 2.53. The van der Waals surface area contributed by atoms with E-state index >= 15 is 0 Å². The number of aliphatic hydroxyl groups excluding tert-OH is 1. The van der Waals surface area contributed by atoms with Crippen molar-refractivity contribution in [1.29, 1.82) is 0 Å². The summed E-state index contributed by atoms with van der Waals surface area (Å²) in [6.45, 7) is 0.443. The Hall–Kier alpha value is -1.81. The average molecular weight is 258 g/mol. The van der Waals surface area contributed by atoms with Crippen LogP contribution in [-0.4, -0.2) is 14.7 Å². The number of imidazole rings is 1. The van der Waals surface area contributed by atoms with Crippen LogP contribution in [-0.2, 0) is 20.1 Å². The van der Waals surface area contributed by atoms with Crippen molar-refractivity contribution in [3.05, 3.63) is 47.5 Å². The van der Waals surface area contributed by atoms with Crippen LogP contribution in [0.15, 0.2) is 30.6 Å². The van der Waals surface area contributed by atoms with E-state index in [0.717, 1.165) is 36.4 Å². The molecule has 100 valence electrons. The molecule has 0 aliphatic heterocycles. The molecule has 2 aromatic rings. The van der Waals surface area contributed by atoms with Gasteiger partial charge in [-0.25, -0.2) is 4.98 Å². The van der Waals surface area contributed by atoms with Crippen LogP contribution in [0.5, 0.6) is 5.75 Å². The average Bonchev–Trinajstić information content (AvgIpc) is 2.83. The Morgan fingerprint density at radius 3 is 3.16 bits per heavy atom. The van der Waals surface area contributed by atoms with Crippen LogP contribution in [0.25, 0.3) is 0 Å². The lowest BCUT2D eigenvalue weighted by Gasteiger charge is -2.21. The summed E-state index contributed by atoms with van der Waals surface area (Å²) < 4.78 is 7.69. The second-order valence-electron chi connectivity index (χ2n) is 5.01. The van der Waals surface area contributed by atoms with Gasteiger partial charge >= 0.3 is 0 Å². The monoisotopic (exact) mass is 258 g/mol. The molecule has 1 aliphatic rings. The van der Waals surface area contributed by atoms with E-state index in [1.54, 1.807) is 6.20 Å². The van der Waals surface area contributed by atoms with Gasteiger partial charge in [-0.2, -0.15) is 0 Å². The second kappa shape index (κ2) is 5.05. The standard InChI is InChI=1S/C15H18N2O2/c1-17-8-7-16-15(17)10-19-12-6-5-11-3-2-4-14(18)13(11)9-12/h5-9,14,18H,2-4,10H2,1H3/t14-/m1/s1. The molecule has 3 rings (SSSR count). The van der Waals surface area contributed by atoms with Crippen molar-refractivity contribution in [2.45, 2.75) is 32.0 Å². The molecule has 0 fully saturated rings. The van der Waals surface area contributed by atoms with E-state index < -0.39 is 0 Å². The first-order valence-corrected chi connectivity index (χ1v) is 6.64. The van der Waals surface area contributed by atoms with Gasteiger partial charge in [0.05, 0.1) is 6.10 Å². The maximum absolute atomic E-state index is 10.0. The van der Waals surface area contributed by atoms with Gasteiger partial charge in [0.25, 0.3) is 0 Å². The molecular formula is C15H18N2O2. The third-order valence-corrected chi connectivity index (χ3v) is 3.69. The minimum atomic E-state index is -0.347. The van der Waals surface area contributed by atoms with Crippen LogP contribution in [0.1, 0.15) is 35.9 Å². The van der Waals surface area contributed by atoms with Gasteiger partial charge in [-0.3, -0.25) is 0 Å². The fraction of sp³-hybridized carbons (Fsp3) is 0.400. The Morgan fingerprint density at radius 2 is 2.37 bits per heavy atom. The minimum absolute atomic E-state index is 0.347. The first-order valence-electron chi connectivity index (χ1n) is 6.64. The summed E-state index contributed by atoms with van der Waals surface area (Å²) in [5.74, 6) is 1.68. The number of aliphatic hydroxyl groups is 1. The summed E-state index contributed by atoms with van der Waals surface area (Å²) in [5, 5.41) is 10.0. The summed E-state index contributed by atoms with van der Waals surface area (Å²) in [7, 11) is 1.95. The predicted octanol–water partition coefficient (Wildman–Crippen LogP) is 2.37. The predicted molar refractivity (Wildman–Crippen MR) is 71.9 cm³/mol. The van der Waals surface area contributed by atoms with Crippen LogP contribution < -0.4 is 4.74 Å². The zero-order chi connectivity index (χ0) is 13.2. The lowest BCUT2D eigenvalue weighted by atomic mass is 9.89. The first-order chi connectivity index (χ1) is 9.24. The molecule has 0 amide bonds. The number of hydrogen-bond acceptors (Lipinski definition) is 3. The molecule has 0 unspecified atom stereocenters. The molecule has 19 heavy (non-hydrogen) atoms. The topological polar surface area (TPSA) is 47.3 Å². The summed E-state index contributed by atoms with van der Waals surface area (Å²) >= 11 is 0. The molecule has 1 aliphatic carbocycles. The molecule has 0 saturated heterocycles. The Morgan fingerprint density at radius 1 is 1.47 bits per heavy atom. The van der Waals surface area contributed by atoms with Gasteiger partial charge in [0.1, 0.15) is 18.2 Å². The van der Waals surface area contributed by atoms with Gasteiger partial charge in [-0.05, 0) is 42.5 Å². The highest BCUT2D eigenvalue weighted by Gasteiger charge is 2.18. The number of benzene rings is 1. The number of aryl methyl sites for hydroxylation is 2. The van der Waals surface area contributed by atoms with Crippen LogP contribution in [0.4, 0.5) is 0 Å². The lowest BCUT2D eigenvalue weighted by Crippen LogP contribution is -2.09. The maximum Gasteiger partial charge on any atom is 0.146 e. The molecule has 1 atom stereocenters. The van der Waals surface area contributed by atoms with Crippen molar-refractivity contribution in [1.82, 2.24) is 9.55 Å². The van der Waals surface area contributed by atoms with E-state index in [0.29, 0.717) is 6.61 Å². The molecular weight excluding hydrogens is 240 g/mol. The third kappa shape index (κ3) is 2.49. The third-order valence-electron chi connectivity index (χ3n) is 3.69. The first kappa shape index (κ1) is 12.2. The largest absolute Gasteiger partial charge is 0.486 e. The van der Waals surface area contributed by atoms with Crippen molar-refractivity contribution in [3.63, 3.8) is 0 Å². The summed E-state index contributed by atoms with van der Waals surface area (Å²) in [6.07, 6.45) is 6.26. The zero-order valence-corrected chi connectivity index (χ0v) is 11.0. The number of hydrogen-bond donors (Lipinski definition) is 1. The minimum Gasteiger partial charge on any atom is -0.486 e. The van der Waals surface area contributed by atoms with E-state index in [-0.39, 0.29) is 6.10 Å². The van der Waals surface area contributed by atoms with Gasteiger partial charge in [0.15, 0.2) is 0 Å². The van der Waals surface area contributed by atoms with E-state index in [4.69, 9.17) is 4.74 Å². The summed E-state index contributed by atoms with van der Waals surface area (Å²) in [4.78, 5) is 4.22. The Kier molecular flexibility index (Phi) is 3.25. The molecule has 1 N–H and O–H groups in total. The quantitative estimate of drug-likeness (QED) is 0.919. The highest BCUT2D eigenvalue weighted by atomic mass is 16.5. The molecule has 4 nitrogen and oxygen atoms in total. The number of nitrogens with zero attached hydrogens (tertiary/aromatic N) is 2. The Bertz CT molecular complexity index is 577. The van der Waals surface area contributed by atoms with Crippen LogP contribution >= 0.6 is 0 Å². The van der Waals surface area contributed by atoms with Gasteiger partial charge in [0.2, 0.25) is 0 Å².